The lowest BCUT2D eigenvalue weighted by atomic mass is 9.94. The topological polar surface area (TPSA) is 47.0 Å². The maximum absolute atomic E-state index is 5.26. The molecule has 19 heavy (non-hydrogen) atoms. The molecular weight excluding hydrogens is 262 g/mol. The molecule has 2 aromatic rings. The maximum Gasteiger partial charge on any atom is 0.119 e. The largest absolute Gasteiger partial charge is 0.497 e. The summed E-state index contributed by atoms with van der Waals surface area (Å²) >= 11 is 0. The monoisotopic (exact) mass is 277 g/mol. The summed E-state index contributed by atoms with van der Waals surface area (Å²) in [5.74, 6) is 1.32. The van der Waals surface area contributed by atoms with E-state index in [-0.39, 0.29) is 12.4 Å². The molecule has 0 unspecified atom stereocenters. The molecule has 1 fully saturated rings. The fourth-order valence-electron chi connectivity index (χ4n) is 2.12. The number of benzene rings is 1. The van der Waals surface area contributed by atoms with Crippen LogP contribution in [0.2, 0.25) is 0 Å². The van der Waals surface area contributed by atoms with Gasteiger partial charge in [0.25, 0.3) is 0 Å². The Morgan fingerprint density at radius 3 is 2.68 bits per heavy atom. The van der Waals surface area contributed by atoms with Crippen molar-refractivity contribution in [1.29, 1.82) is 0 Å². The van der Waals surface area contributed by atoms with Crippen LogP contribution in [0, 0.1) is 0 Å². The number of hydrogen-bond acceptors (Lipinski definition) is 4. The molecule has 0 saturated carbocycles. The van der Waals surface area contributed by atoms with E-state index >= 15 is 0 Å². The van der Waals surface area contributed by atoms with E-state index in [0.717, 1.165) is 35.8 Å². The zero-order chi connectivity index (χ0) is 12.4. The molecule has 3 rings (SSSR count). The Bertz CT molecular complexity index is 558. The molecule has 100 valence electrons. The van der Waals surface area contributed by atoms with Gasteiger partial charge in [0.05, 0.1) is 18.5 Å². The maximum atomic E-state index is 5.26. The SMILES string of the molecule is COc1cccc(-c2nccnc2C2CNC2)c1.Cl. The van der Waals surface area contributed by atoms with Gasteiger partial charge in [-0.3, -0.25) is 9.97 Å². The van der Waals surface area contributed by atoms with Crippen LogP contribution in [0.15, 0.2) is 36.7 Å². The van der Waals surface area contributed by atoms with Gasteiger partial charge < -0.3 is 10.1 Å². The van der Waals surface area contributed by atoms with Gasteiger partial charge in [-0.05, 0) is 12.1 Å². The number of nitrogens with one attached hydrogen (secondary N) is 1. The highest BCUT2D eigenvalue weighted by Gasteiger charge is 2.24. The summed E-state index contributed by atoms with van der Waals surface area (Å²) in [7, 11) is 1.67. The first-order chi connectivity index (χ1) is 8.88. The number of nitrogens with zero attached hydrogens (tertiary/aromatic N) is 2. The summed E-state index contributed by atoms with van der Waals surface area (Å²) in [5, 5.41) is 3.27. The Hall–Kier alpha value is -1.65. The molecule has 0 radical (unpaired) electrons. The van der Waals surface area contributed by atoms with Crippen LogP contribution in [-0.2, 0) is 0 Å². The molecular formula is C14H16ClN3O. The Morgan fingerprint density at radius 2 is 2.00 bits per heavy atom. The van der Waals surface area contributed by atoms with Crippen LogP contribution in [0.25, 0.3) is 11.3 Å². The van der Waals surface area contributed by atoms with Crippen molar-refractivity contribution in [2.24, 2.45) is 0 Å². The Morgan fingerprint density at radius 1 is 1.21 bits per heavy atom. The van der Waals surface area contributed by atoms with Crippen LogP contribution in [0.1, 0.15) is 11.6 Å². The van der Waals surface area contributed by atoms with Gasteiger partial charge in [0.15, 0.2) is 0 Å². The van der Waals surface area contributed by atoms with Gasteiger partial charge in [-0.1, -0.05) is 12.1 Å². The van der Waals surface area contributed by atoms with Crippen molar-refractivity contribution >= 4 is 12.4 Å². The lowest BCUT2D eigenvalue weighted by Gasteiger charge is -2.27. The van der Waals surface area contributed by atoms with Crippen LogP contribution >= 0.6 is 12.4 Å². The molecule has 1 aromatic carbocycles. The summed E-state index contributed by atoms with van der Waals surface area (Å²) in [6.07, 6.45) is 3.50. The zero-order valence-corrected chi connectivity index (χ0v) is 11.5. The molecule has 1 aliphatic rings. The summed E-state index contributed by atoms with van der Waals surface area (Å²) in [6.45, 7) is 1.96. The van der Waals surface area contributed by atoms with E-state index in [1.165, 1.54) is 0 Å². The summed E-state index contributed by atoms with van der Waals surface area (Å²) in [4.78, 5) is 8.97. The molecule has 0 atom stereocenters. The molecule has 0 bridgehead atoms. The second-order valence-corrected chi connectivity index (χ2v) is 4.38. The van der Waals surface area contributed by atoms with Gasteiger partial charge >= 0.3 is 0 Å². The Balaban J connectivity index is 0.00000133. The van der Waals surface area contributed by atoms with Crippen molar-refractivity contribution in [3.63, 3.8) is 0 Å². The van der Waals surface area contributed by atoms with E-state index < -0.39 is 0 Å². The Labute approximate surface area is 118 Å². The normalized spacial score (nSPS) is 14.4. The third-order valence-electron chi connectivity index (χ3n) is 3.24. The third-order valence-corrected chi connectivity index (χ3v) is 3.24. The number of hydrogen-bond donors (Lipinski definition) is 1. The van der Waals surface area contributed by atoms with E-state index in [2.05, 4.69) is 15.3 Å². The fourth-order valence-corrected chi connectivity index (χ4v) is 2.12. The Kier molecular flexibility index (Phi) is 4.35. The predicted molar refractivity (Wildman–Crippen MR) is 76.9 cm³/mol. The molecule has 1 saturated heterocycles. The van der Waals surface area contributed by atoms with Gasteiger partial charge in [0.1, 0.15) is 5.75 Å². The smallest absolute Gasteiger partial charge is 0.119 e. The first-order valence-corrected chi connectivity index (χ1v) is 6.04. The zero-order valence-electron chi connectivity index (χ0n) is 10.7. The van der Waals surface area contributed by atoms with Crippen LogP contribution in [0.5, 0.6) is 5.75 Å². The highest BCUT2D eigenvalue weighted by Crippen LogP contribution is 2.29. The lowest BCUT2D eigenvalue weighted by molar-refractivity contribution is 0.415. The number of methoxy groups -OCH3 is 1. The third kappa shape index (κ3) is 2.69. The van der Waals surface area contributed by atoms with E-state index in [0.29, 0.717) is 5.92 Å². The van der Waals surface area contributed by atoms with Gasteiger partial charge in [-0.15, -0.1) is 12.4 Å². The fraction of sp³-hybridized carbons (Fsp3) is 0.286. The van der Waals surface area contributed by atoms with Crippen LogP contribution in [0.3, 0.4) is 0 Å². The minimum absolute atomic E-state index is 0. The average molecular weight is 278 g/mol. The van der Waals surface area contributed by atoms with Crippen molar-refractivity contribution in [2.75, 3.05) is 20.2 Å². The molecule has 0 aliphatic carbocycles. The molecule has 5 heteroatoms. The van der Waals surface area contributed by atoms with Gasteiger partial charge in [0.2, 0.25) is 0 Å². The van der Waals surface area contributed by atoms with Crippen molar-refractivity contribution in [3.05, 3.63) is 42.4 Å². The standard InChI is InChI=1S/C14H15N3O.ClH/c1-18-12-4-2-3-10(7-12)13-14(11-8-15-9-11)17-6-5-16-13;/h2-7,11,15H,8-9H2,1H3;1H. The molecule has 2 heterocycles. The van der Waals surface area contributed by atoms with Crippen molar-refractivity contribution in [1.82, 2.24) is 15.3 Å². The molecule has 1 aromatic heterocycles. The van der Waals surface area contributed by atoms with Crippen molar-refractivity contribution in [3.8, 4) is 17.0 Å². The first kappa shape index (κ1) is 13.8. The van der Waals surface area contributed by atoms with Gasteiger partial charge in [-0.25, -0.2) is 0 Å². The summed E-state index contributed by atoms with van der Waals surface area (Å²) < 4.78 is 5.26. The van der Waals surface area contributed by atoms with Crippen molar-refractivity contribution in [2.45, 2.75) is 5.92 Å². The van der Waals surface area contributed by atoms with E-state index in [9.17, 15) is 0 Å². The van der Waals surface area contributed by atoms with Gasteiger partial charge in [-0.2, -0.15) is 0 Å². The van der Waals surface area contributed by atoms with Gasteiger partial charge in [0, 0.05) is 37.0 Å². The highest BCUT2D eigenvalue weighted by molar-refractivity contribution is 5.85. The average Bonchev–Trinajstić information content (AvgIpc) is 2.37. The lowest BCUT2D eigenvalue weighted by Crippen LogP contribution is -2.40. The molecule has 0 spiro atoms. The quantitative estimate of drug-likeness (QED) is 0.935. The molecule has 4 nitrogen and oxygen atoms in total. The predicted octanol–water partition coefficient (Wildman–Crippen LogP) is 2.26. The van der Waals surface area contributed by atoms with Crippen LogP contribution in [0.4, 0.5) is 0 Å². The number of ether oxygens (including phenoxy) is 1. The minimum atomic E-state index is 0. The van der Waals surface area contributed by atoms with E-state index in [1.807, 2.05) is 24.3 Å². The van der Waals surface area contributed by atoms with E-state index in [4.69, 9.17) is 4.74 Å². The van der Waals surface area contributed by atoms with Crippen molar-refractivity contribution < 1.29 is 4.74 Å². The van der Waals surface area contributed by atoms with Crippen LogP contribution < -0.4 is 10.1 Å². The molecule has 1 N–H and O–H groups in total. The number of aromatic nitrogens is 2. The summed E-state index contributed by atoms with van der Waals surface area (Å²) in [5.41, 5.74) is 3.09. The second-order valence-electron chi connectivity index (χ2n) is 4.38. The second kappa shape index (κ2) is 5.99. The van der Waals surface area contributed by atoms with Crippen LogP contribution in [-0.4, -0.2) is 30.2 Å². The molecule has 0 amide bonds. The first-order valence-electron chi connectivity index (χ1n) is 6.04. The number of rotatable bonds is 3. The van der Waals surface area contributed by atoms with E-state index in [1.54, 1.807) is 19.5 Å². The summed E-state index contributed by atoms with van der Waals surface area (Å²) in [6, 6.07) is 7.96. The highest BCUT2D eigenvalue weighted by atomic mass is 35.5. The number of halogens is 1. The molecule has 1 aliphatic heterocycles. The minimum Gasteiger partial charge on any atom is -0.497 e.